The Balaban J connectivity index is 2.01. The second-order valence-electron chi connectivity index (χ2n) is 4.04. The summed E-state index contributed by atoms with van der Waals surface area (Å²) in [7, 11) is 1.63. The van der Waals surface area contributed by atoms with Crippen LogP contribution in [-0.4, -0.2) is 44.8 Å². The number of aromatic nitrogens is 5. The van der Waals surface area contributed by atoms with Gasteiger partial charge in [0.15, 0.2) is 5.82 Å². The van der Waals surface area contributed by atoms with E-state index in [1.54, 1.807) is 20.1 Å². The fourth-order valence-electron chi connectivity index (χ4n) is 1.69. The average molecular weight is 264 g/mol. The molecule has 2 N–H and O–H groups in total. The van der Waals surface area contributed by atoms with Crippen LogP contribution in [0.2, 0.25) is 0 Å². The van der Waals surface area contributed by atoms with Crippen molar-refractivity contribution in [1.82, 2.24) is 30.5 Å². The second kappa shape index (κ2) is 6.10. The van der Waals surface area contributed by atoms with Gasteiger partial charge in [-0.25, -0.2) is 0 Å². The van der Waals surface area contributed by atoms with E-state index in [9.17, 15) is 4.79 Å². The lowest BCUT2D eigenvalue weighted by Crippen LogP contribution is -2.29. The van der Waals surface area contributed by atoms with Crippen molar-refractivity contribution in [2.75, 3.05) is 13.7 Å². The Hall–Kier alpha value is -2.22. The monoisotopic (exact) mass is 264 g/mol. The molecule has 19 heavy (non-hydrogen) atoms. The van der Waals surface area contributed by atoms with E-state index in [2.05, 4.69) is 25.9 Å². The minimum Gasteiger partial charge on any atom is -0.383 e. The van der Waals surface area contributed by atoms with Crippen LogP contribution in [0.4, 0.5) is 0 Å². The highest BCUT2D eigenvalue weighted by atomic mass is 16.5. The predicted octanol–water partition coefficient (Wildman–Crippen LogP) is 0.139. The summed E-state index contributed by atoms with van der Waals surface area (Å²) in [5.41, 5.74) is 0.576. The summed E-state index contributed by atoms with van der Waals surface area (Å²) in [4.78, 5) is 12.1. The second-order valence-corrected chi connectivity index (χ2v) is 4.04. The average Bonchev–Trinajstić information content (AvgIpc) is 3.07. The van der Waals surface area contributed by atoms with Gasteiger partial charge in [0.25, 0.3) is 5.91 Å². The molecule has 2 heterocycles. The number of carbonyl (C=O) groups excluding carboxylic acids is 1. The van der Waals surface area contributed by atoms with Crippen molar-refractivity contribution in [1.29, 1.82) is 0 Å². The van der Waals surface area contributed by atoms with E-state index in [4.69, 9.17) is 4.74 Å². The number of methoxy groups -OCH3 is 1. The summed E-state index contributed by atoms with van der Waals surface area (Å²) in [6, 6.07) is 3.27. The summed E-state index contributed by atoms with van der Waals surface area (Å²) in [5.74, 6) is 0.266. The first-order valence-corrected chi connectivity index (χ1v) is 5.90. The summed E-state index contributed by atoms with van der Waals surface area (Å²) in [6.45, 7) is 2.98. The molecule has 2 rings (SSSR count). The molecule has 0 aliphatic carbocycles. The molecule has 0 saturated heterocycles. The Labute approximate surface area is 110 Å². The molecule has 0 bridgehead atoms. The molecule has 1 amide bonds. The van der Waals surface area contributed by atoms with Crippen LogP contribution in [0.1, 0.15) is 29.3 Å². The summed E-state index contributed by atoms with van der Waals surface area (Å²) < 4.78 is 6.84. The third-order valence-electron chi connectivity index (χ3n) is 2.70. The summed E-state index contributed by atoms with van der Waals surface area (Å²) in [5, 5.41) is 16.3. The third kappa shape index (κ3) is 3.16. The Morgan fingerprint density at radius 1 is 1.63 bits per heavy atom. The first-order chi connectivity index (χ1) is 9.22. The van der Waals surface area contributed by atoms with E-state index in [0.717, 1.165) is 0 Å². The Kier molecular flexibility index (Phi) is 4.24. The van der Waals surface area contributed by atoms with Gasteiger partial charge >= 0.3 is 0 Å². The van der Waals surface area contributed by atoms with Crippen LogP contribution < -0.4 is 5.32 Å². The molecule has 0 aromatic carbocycles. The number of hydrogen-bond donors (Lipinski definition) is 2. The van der Waals surface area contributed by atoms with E-state index < -0.39 is 0 Å². The highest BCUT2D eigenvalue weighted by molar-refractivity contribution is 5.92. The number of ether oxygens (including phenoxy) is 1. The fraction of sp³-hybridized carbons (Fsp3) is 0.455. The van der Waals surface area contributed by atoms with Gasteiger partial charge in [-0.05, 0) is 19.1 Å². The van der Waals surface area contributed by atoms with E-state index in [-0.39, 0.29) is 11.9 Å². The van der Waals surface area contributed by atoms with Gasteiger partial charge in [0, 0.05) is 19.9 Å². The quantitative estimate of drug-likeness (QED) is 0.773. The van der Waals surface area contributed by atoms with Crippen molar-refractivity contribution >= 4 is 5.91 Å². The third-order valence-corrected chi connectivity index (χ3v) is 2.70. The molecule has 0 aliphatic rings. The zero-order valence-corrected chi connectivity index (χ0v) is 10.8. The molecule has 2 aromatic rings. The largest absolute Gasteiger partial charge is 0.383 e. The number of rotatable bonds is 6. The van der Waals surface area contributed by atoms with E-state index in [1.807, 2.05) is 16.8 Å². The normalized spacial score (nSPS) is 12.3. The van der Waals surface area contributed by atoms with Gasteiger partial charge < -0.3 is 14.6 Å². The van der Waals surface area contributed by atoms with Crippen LogP contribution in [-0.2, 0) is 11.3 Å². The van der Waals surface area contributed by atoms with Gasteiger partial charge in [-0.1, -0.05) is 5.21 Å². The lowest BCUT2D eigenvalue weighted by atomic mass is 10.3. The molecule has 0 aliphatic heterocycles. The van der Waals surface area contributed by atoms with Crippen molar-refractivity contribution < 1.29 is 9.53 Å². The van der Waals surface area contributed by atoms with Crippen LogP contribution in [0.15, 0.2) is 18.3 Å². The number of nitrogens with zero attached hydrogens (tertiary/aromatic N) is 4. The van der Waals surface area contributed by atoms with Gasteiger partial charge in [0.2, 0.25) is 0 Å². The minimum absolute atomic E-state index is 0.182. The first-order valence-electron chi connectivity index (χ1n) is 5.90. The highest BCUT2D eigenvalue weighted by Gasteiger charge is 2.16. The van der Waals surface area contributed by atoms with Crippen molar-refractivity contribution in [3.63, 3.8) is 0 Å². The van der Waals surface area contributed by atoms with Gasteiger partial charge in [-0.2, -0.15) is 5.21 Å². The van der Waals surface area contributed by atoms with Gasteiger partial charge in [0.05, 0.1) is 12.6 Å². The minimum atomic E-state index is -0.308. The molecule has 102 valence electrons. The van der Waals surface area contributed by atoms with Gasteiger partial charge in [-0.15, -0.1) is 10.2 Å². The molecule has 0 spiro atoms. The maximum atomic E-state index is 12.1. The van der Waals surface area contributed by atoms with Crippen LogP contribution in [0.3, 0.4) is 0 Å². The maximum absolute atomic E-state index is 12.1. The zero-order valence-electron chi connectivity index (χ0n) is 10.8. The van der Waals surface area contributed by atoms with Crippen LogP contribution in [0.5, 0.6) is 0 Å². The molecule has 1 atom stereocenters. The van der Waals surface area contributed by atoms with E-state index in [1.165, 1.54) is 0 Å². The van der Waals surface area contributed by atoms with Crippen LogP contribution in [0, 0.1) is 0 Å². The number of amides is 1. The number of carbonyl (C=O) groups is 1. The van der Waals surface area contributed by atoms with Crippen molar-refractivity contribution in [3.05, 3.63) is 29.8 Å². The zero-order chi connectivity index (χ0) is 13.7. The highest BCUT2D eigenvalue weighted by Crippen LogP contribution is 2.07. The van der Waals surface area contributed by atoms with Crippen molar-refractivity contribution in [2.24, 2.45) is 0 Å². The first kappa shape index (κ1) is 13.2. The number of aromatic amines is 1. The lowest BCUT2D eigenvalue weighted by molar-refractivity contribution is 0.0926. The Morgan fingerprint density at radius 2 is 2.47 bits per heavy atom. The number of hydrogen-bond acceptors (Lipinski definition) is 5. The molecule has 0 radical (unpaired) electrons. The summed E-state index contributed by atoms with van der Waals surface area (Å²) >= 11 is 0. The Bertz CT molecular complexity index is 521. The molecule has 0 fully saturated rings. The van der Waals surface area contributed by atoms with Crippen LogP contribution >= 0.6 is 0 Å². The lowest BCUT2D eigenvalue weighted by Gasteiger charge is -2.12. The fourth-order valence-corrected chi connectivity index (χ4v) is 1.69. The number of H-pyrrole nitrogens is 1. The van der Waals surface area contributed by atoms with Crippen molar-refractivity contribution in [3.8, 4) is 0 Å². The smallest absolute Gasteiger partial charge is 0.268 e. The van der Waals surface area contributed by atoms with E-state index >= 15 is 0 Å². The predicted molar refractivity (Wildman–Crippen MR) is 66.4 cm³/mol. The molecular weight excluding hydrogens is 248 g/mol. The molecule has 0 saturated carbocycles. The number of tetrazole rings is 1. The number of nitrogens with one attached hydrogen (secondary N) is 2. The van der Waals surface area contributed by atoms with Crippen LogP contribution in [0.25, 0.3) is 0 Å². The van der Waals surface area contributed by atoms with Gasteiger partial charge in [-0.3, -0.25) is 4.79 Å². The Morgan fingerprint density at radius 3 is 3.16 bits per heavy atom. The molecule has 1 unspecified atom stereocenters. The van der Waals surface area contributed by atoms with E-state index in [0.29, 0.717) is 24.7 Å². The summed E-state index contributed by atoms with van der Waals surface area (Å²) in [6.07, 6.45) is 1.84. The standard InChI is InChI=1S/C11H16N6O2/c1-8(10-13-15-16-14-10)12-11(18)9-4-3-5-17(9)6-7-19-2/h3-5,8H,6-7H2,1-2H3,(H,12,18)(H,13,14,15,16). The van der Waals surface area contributed by atoms with Crippen molar-refractivity contribution in [2.45, 2.75) is 19.5 Å². The molecule has 8 heteroatoms. The van der Waals surface area contributed by atoms with Gasteiger partial charge in [0.1, 0.15) is 5.69 Å². The topological polar surface area (TPSA) is 97.7 Å². The molecule has 8 nitrogen and oxygen atoms in total. The SMILES string of the molecule is COCCn1cccc1C(=O)NC(C)c1nn[nH]n1. The molecular formula is C11H16N6O2. The maximum Gasteiger partial charge on any atom is 0.268 e. The molecule has 2 aromatic heterocycles.